The van der Waals surface area contributed by atoms with Crippen LogP contribution in [0.5, 0.6) is 0 Å². The van der Waals surface area contributed by atoms with Crippen LogP contribution < -0.4 is 5.32 Å². The molecule has 1 fully saturated rings. The van der Waals surface area contributed by atoms with Crippen LogP contribution in [0.4, 0.5) is 0 Å². The normalized spacial score (nSPS) is 17.3. The lowest BCUT2D eigenvalue weighted by Gasteiger charge is -2.32. The number of hydrogen-bond donors (Lipinski definition) is 1. The Morgan fingerprint density at radius 3 is 2.13 bits per heavy atom. The summed E-state index contributed by atoms with van der Waals surface area (Å²) in [5, 5.41) is 2.78. The number of carbonyl (C=O) groups excluding carboxylic acids is 1. The molecule has 0 spiro atoms. The fourth-order valence-corrected chi connectivity index (χ4v) is 3.46. The topological polar surface area (TPSA) is 32.3 Å². The van der Waals surface area contributed by atoms with E-state index in [1.54, 1.807) is 7.05 Å². The summed E-state index contributed by atoms with van der Waals surface area (Å²) in [6, 6.07) is 4.69. The summed E-state index contributed by atoms with van der Waals surface area (Å²) in [5.41, 5.74) is 5.84. The van der Waals surface area contributed by atoms with E-state index in [9.17, 15) is 4.79 Å². The molecule has 0 aliphatic carbocycles. The highest BCUT2D eigenvalue weighted by molar-refractivity contribution is 5.78. The average molecular weight is 316 g/mol. The Bertz CT molecular complexity index is 540. The first-order valence-corrected chi connectivity index (χ1v) is 8.77. The van der Waals surface area contributed by atoms with Gasteiger partial charge in [0.05, 0.1) is 0 Å². The Morgan fingerprint density at radius 2 is 1.70 bits per heavy atom. The Labute approximate surface area is 141 Å². The number of benzene rings is 1. The van der Waals surface area contributed by atoms with Gasteiger partial charge in [0.25, 0.3) is 0 Å². The molecule has 3 nitrogen and oxygen atoms in total. The van der Waals surface area contributed by atoms with Gasteiger partial charge in [-0.1, -0.05) is 32.9 Å². The van der Waals surface area contributed by atoms with Crippen LogP contribution in [-0.2, 0) is 16.8 Å². The maximum atomic E-state index is 11.7. The van der Waals surface area contributed by atoms with Crippen molar-refractivity contribution < 1.29 is 4.79 Å². The molecule has 2 rings (SSSR count). The lowest BCUT2D eigenvalue weighted by molar-refractivity contribution is -0.125. The Hall–Kier alpha value is -1.35. The molecule has 3 heteroatoms. The third kappa shape index (κ3) is 4.35. The van der Waals surface area contributed by atoms with Crippen LogP contribution >= 0.6 is 0 Å². The van der Waals surface area contributed by atoms with Crippen molar-refractivity contribution in [2.45, 2.75) is 59.4 Å². The Morgan fingerprint density at radius 1 is 1.17 bits per heavy atom. The largest absolute Gasteiger partial charge is 0.359 e. The van der Waals surface area contributed by atoms with Crippen molar-refractivity contribution in [3.05, 3.63) is 34.4 Å². The fraction of sp³-hybridized carbons (Fsp3) is 0.650. The van der Waals surface area contributed by atoms with Gasteiger partial charge in [0, 0.05) is 19.5 Å². The molecule has 128 valence electrons. The third-order valence-corrected chi connectivity index (χ3v) is 5.15. The summed E-state index contributed by atoms with van der Waals surface area (Å²) in [6.45, 7) is 14.3. The first kappa shape index (κ1) is 18.0. The minimum absolute atomic E-state index is 0.194. The summed E-state index contributed by atoms with van der Waals surface area (Å²) >= 11 is 0. The molecule has 1 heterocycles. The quantitative estimate of drug-likeness (QED) is 0.925. The molecule has 1 N–H and O–H groups in total. The standard InChI is InChI=1S/C20H32N2O/c1-14-11-17(20(3,4)5)12-15(2)18(14)13-22-9-7-16(8-10-22)19(23)21-6/h11-12,16H,7-10,13H2,1-6H3,(H,21,23). The van der Waals surface area contributed by atoms with Crippen LogP contribution in [0.2, 0.25) is 0 Å². The monoisotopic (exact) mass is 316 g/mol. The van der Waals surface area contributed by atoms with Crippen molar-refractivity contribution >= 4 is 5.91 Å². The summed E-state index contributed by atoms with van der Waals surface area (Å²) in [5.74, 6) is 0.397. The number of rotatable bonds is 3. The molecule has 0 aromatic heterocycles. The minimum atomic E-state index is 0.194. The summed E-state index contributed by atoms with van der Waals surface area (Å²) in [4.78, 5) is 14.2. The van der Waals surface area contributed by atoms with E-state index in [4.69, 9.17) is 0 Å². The smallest absolute Gasteiger partial charge is 0.222 e. The van der Waals surface area contributed by atoms with E-state index in [-0.39, 0.29) is 17.2 Å². The van der Waals surface area contributed by atoms with Gasteiger partial charge in [-0.15, -0.1) is 0 Å². The van der Waals surface area contributed by atoms with Gasteiger partial charge in [-0.05, 0) is 67.4 Å². The van der Waals surface area contributed by atoms with Crippen molar-refractivity contribution in [2.24, 2.45) is 5.92 Å². The van der Waals surface area contributed by atoms with Crippen LogP contribution in [0.25, 0.3) is 0 Å². The van der Waals surface area contributed by atoms with Gasteiger partial charge in [0.1, 0.15) is 0 Å². The maximum absolute atomic E-state index is 11.7. The van der Waals surface area contributed by atoms with Crippen LogP contribution in [0.3, 0.4) is 0 Å². The SMILES string of the molecule is CNC(=O)C1CCN(Cc2c(C)cc(C(C)(C)C)cc2C)CC1. The predicted molar refractivity (Wildman–Crippen MR) is 96.7 cm³/mol. The van der Waals surface area contributed by atoms with Crippen LogP contribution in [0, 0.1) is 19.8 Å². The summed E-state index contributed by atoms with van der Waals surface area (Å²) in [6.07, 6.45) is 1.94. The van der Waals surface area contributed by atoms with Crippen molar-refractivity contribution in [3.8, 4) is 0 Å². The van der Waals surface area contributed by atoms with Gasteiger partial charge >= 0.3 is 0 Å². The first-order valence-electron chi connectivity index (χ1n) is 8.77. The van der Waals surface area contributed by atoms with E-state index >= 15 is 0 Å². The maximum Gasteiger partial charge on any atom is 0.222 e. The molecule has 0 atom stereocenters. The number of likely N-dealkylation sites (tertiary alicyclic amines) is 1. The van der Waals surface area contributed by atoms with Gasteiger partial charge in [0.15, 0.2) is 0 Å². The van der Waals surface area contributed by atoms with Gasteiger partial charge in [0.2, 0.25) is 5.91 Å². The highest BCUT2D eigenvalue weighted by Gasteiger charge is 2.25. The third-order valence-electron chi connectivity index (χ3n) is 5.15. The van der Waals surface area contributed by atoms with Crippen LogP contribution in [0.15, 0.2) is 12.1 Å². The van der Waals surface area contributed by atoms with E-state index in [1.807, 2.05) is 0 Å². The molecule has 0 unspecified atom stereocenters. The molecule has 1 amide bonds. The number of carbonyl (C=O) groups is 1. The van der Waals surface area contributed by atoms with E-state index in [0.717, 1.165) is 32.5 Å². The second kappa shape index (κ2) is 7.04. The lowest BCUT2D eigenvalue weighted by atomic mass is 9.83. The zero-order chi connectivity index (χ0) is 17.2. The minimum Gasteiger partial charge on any atom is -0.359 e. The number of nitrogens with zero attached hydrogens (tertiary/aromatic N) is 1. The second-order valence-corrected chi connectivity index (χ2v) is 8.00. The molecule has 1 aromatic carbocycles. The molecular formula is C20H32N2O. The number of nitrogens with one attached hydrogen (secondary N) is 1. The van der Waals surface area contributed by atoms with Crippen molar-refractivity contribution in [1.29, 1.82) is 0 Å². The average Bonchev–Trinajstić information content (AvgIpc) is 2.49. The van der Waals surface area contributed by atoms with Gasteiger partial charge in [-0.3, -0.25) is 9.69 Å². The van der Waals surface area contributed by atoms with E-state index in [1.165, 1.54) is 22.3 Å². The summed E-state index contributed by atoms with van der Waals surface area (Å²) < 4.78 is 0. The van der Waals surface area contributed by atoms with Crippen molar-refractivity contribution in [2.75, 3.05) is 20.1 Å². The second-order valence-electron chi connectivity index (χ2n) is 8.00. The van der Waals surface area contributed by atoms with E-state index in [0.29, 0.717) is 0 Å². The number of amides is 1. The van der Waals surface area contributed by atoms with Crippen molar-refractivity contribution in [1.82, 2.24) is 10.2 Å². The molecule has 0 bridgehead atoms. The van der Waals surface area contributed by atoms with Crippen molar-refractivity contribution in [3.63, 3.8) is 0 Å². The van der Waals surface area contributed by atoms with E-state index in [2.05, 4.69) is 57.0 Å². The van der Waals surface area contributed by atoms with Crippen LogP contribution in [0.1, 0.15) is 55.9 Å². The fourth-order valence-electron chi connectivity index (χ4n) is 3.46. The molecule has 1 aromatic rings. The van der Waals surface area contributed by atoms with Gasteiger partial charge in [-0.25, -0.2) is 0 Å². The molecule has 23 heavy (non-hydrogen) atoms. The lowest BCUT2D eigenvalue weighted by Crippen LogP contribution is -2.39. The van der Waals surface area contributed by atoms with Gasteiger partial charge < -0.3 is 5.32 Å². The zero-order valence-electron chi connectivity index (χ0n) is 15.6. The molecule has 1 aliphatic rings. The molecule has 1 aliphatic heterocycles. The Balaban J connectivity index is 2.06. The molecule has 0 radical (unpaired) electrons. The highest BCUT2D eigenvalue weighted by atomic mass is 16.1. The number of hydrogen-bond acceptors (Lipinski definition) is 2. The number of aryl methyl sites for hydroxylation is 2. The summed E-state index contributed by atoms with van der Waals surface area (Å²) in [7, 11) is 1.73. The van der Waals surface area contributed by atoms with Gasteiger partial charge in [-0.2, -0.15) is 0 Å². The molecule has 0 saturated carbocycles. The first-order chi connectivity index (χ1) is 10.7. The molecule has 1 saturated heterocycles. The van der Waals surface area contributed by atoms with Crippen LogP contribution in [-0.4, -0.2) is 30.9 Å². The Kier molecular flexibility index (Phi) is 5.51. The predicted octanol–water partition coefficient (Wildman–Crippen LogP) is 3.56. The zero-order valence-corrected chi connectivity index (χ0v) is 15.6. The molecular weight excluding hydrogens is 284 g/mol. The number of piperidine rings is 1. The highest BCUT2D eigenvalue weighted by Crippen LogP contribution is 2.28. The van der Waals surface area contributed by atoms with E-state index < -0.39 is 0 Å².